The van der Waals surface area contributed by atoms with E-state index in [1.165, 1.54) is 0 Å². The Balaban J connectivity index is 1.80. The minimum absolute atomic E-state index is 0.183. The van der Waals surface area contributed by atoms with E-state index in [-0.39, 0.29) is 12.4 Å². The van der Waals surface area contributed by atoms with Crippen molar-refractivity contribution in [2.24, 2.45) is 0 Å². The summed E-state index contributed by atoms with van der Waals surface area (Å²) < 4.78 is 10.6. The van der Waals surface area contributed by atoms with Crippen molar-refractivity contribution in [3.05, 3.63) is 47.2 Å². The number of rotatable bonds is 0. The van der Waals surface area contributed by atoms with Crippen molar-refractivity contribution in [3.63, 3.8) is 0 Å². The molecule has 2 aliphatic heterocycles. The summed E-state index contributed by atoms with van der Waals surface area (Å²) in [5.74, 6) is 10.8. The fourth-order valence-electron chi connectivity index (χ4n) is 2.06. The summed E-state index contributed by atoms with van der Waals surface area (Å²) in [5.41, 5.74) is 1.21. The minimum Gasteiger partial charge on any atom is -0.508 e. The maximum Gasteiger partial charge on any atom is 0.191 e. The van der Waals surface area contributed by atoms with Gasteiger partial charge in [0.1, 0.15) is 11.9 Å². The van der Waals surface area contributed by atoms with Crippen molar-refractivity contribution < 1.29 is 19.7 Å². The Labute approximate surface area is 116 Å². The van der Waals surface area contributed by atoms with Gasteiger partial charge >= 0.3 is 0 Å². The summed E-state index contributed by atoms with van der Waals surface area (Å²) in [7, 11) is 0. The van der Waals surface area contributed by atoms with E-state index in [9.17, 15) is 10.2 Å². The zero-order valence-electron chi connectivity index (χ0n) is 10.5. The lowest BCUT2D eigenvalue weighted by molar-refractivity contribution is -0.132. The predicted octanol–water partition coefficient (Wildman–Crippen LogP) is 0.970. The third-order valence-electron chi connectivity index (χ3n) is 3.09. The van der Waals surface area contributed by atoms with Crippen LogP contribution < -0.4 is 0 Å². The van der Waals surface area contributed by atoms with Gasteiger partial charge in [0, 0.05) is 5.56 Å². The molecule has 1 aromatic carbocycles. The van der Waals surface area contributed by atoms with Crippen molar-refractivity contribution >= 4 is 0 Å². The predicted molar refractivity (Wildman–Crippen MR) is 71.4 cm³/mol. The number of ether oxygens (including phenoxy) is 2. The molecule has 0 aliphatic carbocycles. The number of fused-ring (bicyclic) bond motifs is 2. The van der Waals surface area contributed by atoms with Crippen LogP contribution in [0.4, 0.5) is 0 Å². The van der Waals surface area contributed by atoms with Crippen LogP contribution >= 0.6 is 0 Å². The highest BCUT2D eigenvalue weighted by molar-refractivity contribution is 5.46. The van der Waals surface area contributed by atoms with Gasteiger partial charge in [0.2, 0.25) is 0 Å². The van der Waals surface area contributed by atoms with Crippen molar-refractivity contribution in [2.45, 2.75) is 18.5 Å². The fraction of sp³-hybridized carbons (Fsp3) is 0.250. The van der Waals surface area contributed by atoms with E-state index in [1.807, 2.05) is 30.3 Å². The molecular weight excluding hydrogens is 256 g/mol. The van der Waals surface area contributed by atoms with Crippen molar-refractivity contribution in [1.82, 2.24) is 0 Å². The molecule has 20 heavy (non-hydrogen) atoms. The van der Waals surface area contributed by atoms with Crippen LogP contribution in [0.5, 0.6) is 0 Å². The molecule has 2 N–H and O–H groups in total. The average molecular weight is 268 g/mol. The molecule has 2 bridgehead atoms. The zero-order valence-corrected chi connectivity index (χ0v) is 10.5. The summed E-state index contributed by atoms with van der Waals surface area (Å²) in [6.45, 7) is 0.280. The zero-order chi connectivity index (χ0) is 13.9. The molecule has 0 unspecified atom stereocenters. The van der Waals surface area contributed by atoms with Crippen LogP contribution in [0.1, 0.15) is 5.56 Å². The van der Waals surface area contributed by atoms with Crippen LogP contribution in [-0.4, -0.2) is 35.3 Å². The molecule has 1 aromatic rings. The number of aliphatic hydroxyl groups excluding tert-OH is 2. The Morgan fingerprint density at radius 3 is 2.65 bits per heavy atom. The molecule has 0 radical (unpaired) electrons. The van der Waals surface area contributed by atoms with Gasteiger partial charge in [0.25, 0.3) is 0 Å². The summed E-state index contributed by atoms with van der Waals surface area (Å²) in [6, 6.07) is 9.47. The topological polar surface area (TPSA) is 58.9 Å². The molecule has 1 saturated heterocycles. The van der Waals surface area contributed by atoms with E-state index in [4.69, 9.17) is 9.47 Å². The monoisotopic (exact) mass is 268 g/mol. The molecule has 3 atom stereocenters. The van der Waals surface area contributed by atoms with E-state index in [0.717, 1.165) is 5.56 Å². The van der Waals surface area contributed by atoms with Gasteiger partial charge < -0.3 is 19.7 Å². The smallest absolute Gasteiger partial charge is 0.191 e. The maximum absolute atomic E-state index is 9.85. The summed E-state index contributed by atoms with van der Waals surface area (Å²) in [4.78, 5) is 0. The number of aliphatic hydroxyl groups is 2. The van der Waals surface area contributed by atoms with Gasteiger partial charge in [-0.1, -0.05) is 30.0 Å². The minimum atomic E-state index is -1.18. The number of hydrogen-bond acceptors (Lipinski definition) is 4. The molecule has 0 aromatic heterocycles. The molecule has 0 spiro atoms. The largest absolute Gasteiger partial charge is 0.508 e. The standard InChI is InChI=1S/C16H12O4/c17-14-12(13-10-19-16(20-13)15(14)18)9-5-4-8-11-6-2-1-3-7-11/h1-3,6-7,13,15-18H,10H2/t13-,15-,16-/m1/s1. The molecule has 100 valence electrons. The molecule has 2 aliphatic rings. The van der Waals surface area contributed by atoms with Gasteiger partial charge in [0.05, 0.1) is 12.2 Å². The first-order valence-electron chi connectivity index (χ1n) is 6.21. The summed E-state index contributed by atoms with van der Waals surface area (Å²) in [6.07, 6.45) is -2.39. The molecule has 0 saturated carbocycles. The van der Waals surface area contributed by atoms with E-state index < -0.39 is 18.5 Å². The average Bonchev–Trinajstić information content (AvgIpc) is 2.92. The molecule has 4 heteroatoms. The summed E-state index contributed by atoms with van der Waals surface area (Å²) >= 11 is 0. The van der Waals surface area contributed by atoms with Gasteiger partial charge in [-0.15, -0.1) is 0 Å². The van der Waals surface area contributed by atoms with Gasteiger partial charge in [-0.3, -0.25) is 0 Å². The first-order valence-corrected chi connectivity index (χ1v) is 6.21. The van der Waals surface area contributed by atoms with E-state index in [2.05, 4.69) is 23.7 Å². The van der Waals surface area contributed by atoms with Crippen LogP contribution in [0.15, 0.2) is 41.7 Å². The highest BCUT2D eigenvalue weighted by Crippen LogP contribution is 2.30. The fourth-order valence-corrected chi connectivity index (χ4v) is 2.06. The summed E-state index contributed by atoms with van der Waals surface area (Å²) in [5, 5.41) is 19.6. The third kappa shape index (κ3) is 2.41. The third-order valence-corrected chi connectivity index (χ3v) is 3.09. The molecule has 0 amide bonds. The highest BCUT2D eigenvalue weighted by atomic mass is 16.7. The van der Waals surface area contributed by atoms with Gasteiger partial charge in [-0.2, -0.15) is 0 Å². The van der Waals surface area contributed by atoms with Gasteiger partial charge in [-0.05, 0) is 24.0 Å². The van der Waals surface area contributed by atoms with E-state index >= 15 is 0 Å². The molecule has 3 rings (SSSR count). The van der Waals surface area contributed by atoms with Crippen molar-refractivity contribution in [1.29, 1.82) is 0 Å². The van der Waals surface area contributed by atoms with E-state index in [0.29, 0.717) is 5.57 Å². The van der Waals surface area contributed by atoms with Gasteiger partial charge in [0.15, 0.2) is 12.4 Å². The van der Waals surface area contributed by atoms with Crippen LogP contribution in [-0.2, 0) is 9.47 Å². The highest BCUT2D eigenvalue weighted by Gasteiger charge is 2.42. The van der Waals surface area contributed by atoms with Crippen molar-refractivity contribution in [2.75, 3.05) is 6.61 Å². The Bertz CT molecular complexity index is 654. The SMILES string of the molecule is OC1=C(C#CC#Cc2ccccc2)[C@H]2CO[C@H](O2)[C@@H]1O. The van der Waals surface area contributed by atoms with Crippen LogP contribution in [0.3, 0.4) is 0 Å². The van der Waals surface area contributed by atoms with Crippen molar-refractivity contribution in [3.8, 4) is 23.7 Å². The Kier molecular flexibility index (Phi) is 3.45. The lowest BCUT2D eigenvalue weighted by Gasteiger charge is -2.23. The Morgan fingerprint density at radius 2 is 1.85 bits per heavy atom. The lowest BCUT2D eigenvalue weighted by Crippen LogP contribution is -2.35. The second kappa shape index (κ2) is 5.40. The molecule has 1 fully saturated rings. The lowest BCUT2D eigenvalue weighted by atomic mass is 10.0. The van der Waals surface area contributed by atoms with E-state index in [1.54, 1.807) is 0 Å². The second-order valence-corrected chi connectivity index (χ2v) is 4.44. The van der Waals surface area contributed by atoms with Crippen LogP contribution in [0.2, 0.25) is 0 Å². The number of hydrogen-bond donors (Lipinski definition) is 2. The number of benzene rings is 1. The first-order chi connectivity index (χ1) is 9.75. The Hall–Kier alpha value is -2.24. The second-order valence-electron chi connectivity index (χ2n) is 4.44. The molecule has 4 nitrogen and oxygen atoms in total. The quantitative estimate of drug-likeness (QED) is 0.688. The van der Waals surface area contributed by atoms with Crippen LogP contribution in [0, 0.1) is 23.7 Å². The maximum atomic E-state index is 9.85. The molecule has 2 heterocycles. The van der Waals surface area contributed by atoms with Gasteiger partial charge in [-0.25, -0.2) is 0 Å². The molecular formula is C16H12O4. The Morgan fingerprint density at radius 1 is 1.10 bits per heavy atom. The normalized spacial score (nSPS) is 27.4. The van der Waals surface area contributed by atoms with Crippen LogP contribution in [0.25, 0.3) is 0 Å². The first kappa shape index (κ1) is 12.8.